The first kappa shape index (κ1) is 9.18. The highest BCUT2D eigenvalue weighted by molar-refractivity contribution is 5.97. The molecule has 68 valence electrons. The van der Waals surface area contributed by atoms with Crippen LogP contribution in [0, 0.1) is 0 Å². The summed E-state index contributed by atoms with van der Waals surface area (Å²) in [6.45, 7) is 0.108. The van der Waals surface area contributed by atoms with Crippen molar-refractivity contribution in [2.24, 2.45) is 5.73 Å². The first-order valence-corrected chi connectivity index (χ1v) is 3.68. The number of hydrogen-bond donors (Lipinski definition) is 2. The molecule has 0 saturated carbocycles. The molecule has 0 aliphatic heterocycles. The van der Waals surface area contributed by atoms with Gasteiger partial charge in [-0.3, -0.25) is 4.79 Å². The Kier molecular flexibility index (Phi) is 2.97. The lowest BCUT2D eigenvalue weighted by Crippen LogP contribution is -2.16. The van der Waals surface area contributed by atoms with E-state index >= 15 is 0 Å². The summed E-state index contributed by atoms with van der Waals surface area (Å²) in [4.78, 5) is 24.8. The number of primary amides is 1. The molecule has 0 aliphatic carbocycles. The molecule has 0 spiro atoms. The lowest BCUT2D eigenvalue weighted by Gasteiger charge is -2.04. The van der Waals surface area contributed by atoms with Gasteiger partial charge in [-0.15, -0.1) is 0 Å². The Bertz CT molecular complexity index is 325. The Morgan fingerprint density at radius 2 is 2.46 bits per heavy atom. The van der Waals surface area contributed by atoms with Crippen molar-refractivity contribution in [1.29, 1.82) is 0 Å². The SMILES string of the molecule is NC(=O)c1cccnc1NCC=O. The van der Waals surface area contributed by atoms with Crippen molar-refractivity contribution in [1.82, 2.24) is 4.98 Å². The third-order valence-electron chi connectivity index (χ3n) is 1.43. The van der Waals surface area contributed by atoms with Crippen molar-refractivity contribution in [3.05, 3.63) is 23.9 Å². The van der Waals surface area contributed by atoms with Gasteiger partial charge in [-0.1, -0.05) is 0 Å². The first-order valence-electron chi connectivity index (χ1n) is 3.68. The zero-order valence-electron chi connectivity index (χ0n) is 6.86. The molecule has 1 aromatic rings. The average molecular weight is 179 g/mol. The van der Waals surface area contributed by atoms with Crippen molar-refractivity contribution in [2.75, 3.05) is 11.9 Å². The van der Waals surface area contributed by atoms with Gasteiger partial charge in [0, 0.05) is 6.20 Å². The third-order valence-corrected chi connectivity index (χ3v) is 1.43. The zero-order chi connectivity index (χ0) is 9.68. The molecule has 13 heavy (non-hydrogen) atoms. The largest absolute Gasteiger partial charge is 0.365 e. The fourth-order valence-electron chi connectivity index (χ4n) is 0.883. The smallest absolute Gasteiger partial charge is 0.252 e. The molecule has 0 unspecified atom stereocenters. The Balaban J connectivity index is 2.90. The molecule has 1 amide bonds. The van der Waals surface area contributed by atoms with Gasteiger partial charge in [-0.2, -0.15) is 0 Å². The zero-order valence-corrected chi connectivity index (χ0v) is 6.86. The van der Waals surface area contributed by atoms with Crippen LogP contribution in [0.3, 0.4) is 0 Å². The van der Waals surface area contributed by atoms with Crippen molar-refractivity contribution in [3.8, 4) is 0 Å². The maximum atomic E-state index is 10.8. The number of carbonyl (C=O) groups is 2. The number of aldehydes is 1. The molecule has 0 saturated heterocycles. The topological polar surface area (TPSA) is 85.1 Å². The summed E-state index contributed by atoms with van der Waals surface area (Å²) in [7, 11) is 0. The fraction of sp³-hybridized carbons (Fsp3) is 0.125. The Morgan fingerprint density at radius 3 is 3.08 bits per heavy atom. The normalized spacial score (nSPS) is 9.23. The van der Waals surface area contributed by atoms with Crippen LogP contribution in [0.1, 0.15) is 10.4 Å². The number of pyridine rings is 1. The van der Waals surface area contributed by atoms with E-state index in [1.165, 1.54) is 6.20 Å². The predicted molar refractivity (Wildman–Crippen MR) is 47.3 cm³/mol. The van der Waals surface area contributed by atoms with Crippen LogP contribution < -0.4 is 11.1 Å². The summed E-state index contributed by atoms with van der Waals surface area (Å²) in [6, 6.07) is 3.15. The minimum Gasteiger partial charge on any atom is -0.365 e. The molecule has 0 aromatic carbocycles. The number of nitrogens with one attached hydrogen (secondary N) is 1. The van der Waals surface area contributed by atoms with Crippen LogP contribution in [0.4, 0.5) is 5.82 Å². The fourth-order valence-corrected chi connectivity index (χ4v) is 0.883. The van der Waals surface area contributed by atoms with Crippen molar-refractivity contribution >= 4 is 18.0 Å². The van der Waals surface area contributed by atoms with Crippen LogP contribution in [0.2, 0.25) is 0 Å². The summed E-state index contributed by atoms with van der Waals surface area (Å²) in [6.07, 6.45) is 2.19. The average Bonchev–Trinajstić information content (AvgIpc) is 2.15. The maximum Gasteiger partial charge on any atom is 0.252 e. The molecular formula is C8H9N3O2. The number of hydrogen-bond acceptors (Lipinski definition) is 4. The highest BCUT2D eigenvalue weighted by atomic mass is 16.1. The van der Waals surface area contributed by atoms with E-state index in [4.69, 9.17) is 5.73 Å². The Morgan fingerprint density at radius 1 is 1.69 bits per heavy atom. The van der Waals surface area contributed by atoms with E-state index in [1.54, 1.807) is 12.1 Å². The van der Waals surface area contributed by atoms with Gasteiger partial charge in [0.05, 0.1) is 12.1 Å². The van der Waals surface area contributed by atoms with E-state index in [1.807, 2.05) is 0 Å². The van der Waals surface area contributed by atoms with Gasteiger partial charge < -0.3 is 15.8 Å². The first-order chi connectivity index (χ1) is 6.25. The maximum absolute atomic E-state index is 10.8. The molecule has 0 bridgehead atoms. The standard InChI is InChI=1S/C8H9N3O2/c9-7(13)6-2-1-3-10-8(6)11-4-5-12/h1-3,5H,4H2,(H2,9,13)(H,10,11). The summed E-state index contributed by atoms with van der Waals surface area (Å²) >= 11 is 0. The van der Waals surface area contributed by atoms with Crippen LogP contribution in [0.5, 0.6) is 0 Å². The Labute approximate surface area is 75.0 Å². The molecule has 5 heteroatoms. The highest BCUT2D eigenvalue weighted by Gasteiger charge is 2.06. The molecule has 1 aromatic heterocycles. The summed E-state index contributed by atoms with van der Waals surface area (Å²) < 4.78 is 0. The molecule has 1 rings (SSSR count). The van der Waals surface area contributed by atoms with Crippen LogP contribution >= 0.6 is 0 Å². The number of rotatable bonds is 4. The number of carbonyl (C=O) groups excluding carboxylic acids is 2. The molecule has 0 atom stereocenters. The second kappa shape index (κ2) is 4.20. The van der Waals surface area contributed by atoms with Gasteiger partial charge in [-0.25, -0.2) is 4.98 Å². The second-order valence-electron chi connectivity index (χ2n) is 2.31. The van der Waals surface area contributed by atoms with Crippen molar-refractivity contribution in [3.63, 3.8) is 0 Å². The van der Waals surface area contributed by atoms with E-state index in [0.29, 0.717) is 12.1 Å². The molecule has 0 aliphatic rings. The minimum absolute atomic E-state index is 0.108. The number of anilines is 1. The molecule has 3 N–H and O–H groups in total. The predicted octanol–water partition coefficient (Wildman–Crippen LogP) is -0.209. The van der Waals surface area contributed by atoms with Crippen LogP contribution in [0.25, 0.3) is 0 Å². The van der Waals surface area contributed by atoms with Gasteiger partial charge >= 0.3 is 0 Å². The van der Waals surface area contributed by atoms with Crippen LogP contribution in [0.15, 0.2) is 18.3 Å². The monoisotopic (exact) mass is 179 g/mol. The van der Waals surface area contributed by atoms with E-state index in [9.17, 15) is 9.59 Å². The number of nitrogens with two attached hydrogens (primary N) is 1. The molecule has 0 radical (unpaired) electrons. The van der Waals surface area contributed by atoms with E-state index < -0.39 is 5.91 Å². The van der Waals surface area contributed by atoms with E-state index in [2.05, 4.69) is 10.3 Å². The van der Waals surface area contributed by atoms with Gasteiger partial charge in [-0.05, 0) is 12.1 Å². The second-order valence-corrected chi connectivity index (χ2v) is 2.31. The highest BCUT2D eigenvalue weighted by Crippen LogP contribution is 2.09. The number of aromatic nitrogens is 1. The van der Waals surface area contributed by atoms with Crippen molar-refractivity contribution in [2.45, 2.75) is 0 Å². The van der Waals surface area contributed by atoms with Gasteiger partial charge in [0.1, 0.15) is 12.1 Å². The lowest BCUT2D eigenvalue weighted by molar-refractivity contribution is -0.106. The molecule has 1 heterocycles. The van der Waals surface area contributed by atoms with Crippen LogP contribution in [-0.2, 0) is 4.79 Å². The molecule has 5 nitrogen and oxygen atoms in total. The number of amides is 1. The van der Waals surface area contributed by atoms with Crippen LogP contribution in [-0.4, -0.2) is 23.7 Å². The van der Waals surface area contributed by atoms with Gasteiger partial charge in [0.15, 0.2) is 0 Å². The third kappa shape index (κ3) is 2.26. The molecule has 0 fully saturated rings. The lowest BCUT2D eigenvalue weighted by atomic mass is 10.2. The van der Waals surface area contributed by atoms with E-state index in [0.717, 1.165) is 0 Å². The quantitative estimate of drug-likeness (QED) is 0.626. The Hall–Kier alpha value is -1.91. The van der Waals surface area contributed by atoms with Gasteiger partial charge in [0.2, 0.25) is 0 Å². The summed E-state index contributed by atoms with van der Waals surface area (Å²) in [5.41, 5.74) is 5.36. The van der Waals surface area contributed by atoms with Gasteiger partial charge in [0.25, 0.3) is 5.91 Å². The molecular weight excluding hydrogens is 170 g/mol. The minimum atomic E-state index is -0.568. The van der Waals surface area contributed by atoms with Crippen molar-refractivity contribution < 1.29 is 9.59 Å². The summed E-state index contributed by atoms with van der Waals surface area (Å²) in [5, 5.41) is 2.66. The number of nitrogens with zero attached hydrogens (tertiary/aromatic N) is 1. The van der Waals surface area contributed by atoms with E-state index in [-0.39, 0.29) is 12.1 Å². The summed E-state index contributed by atoms with van der Waals surface area (Å²) in [5.74, 6) is -0.233.